The minimum Gasteiger partial charge on any atom is -0.313 e. The molecule has 1 aliphatic rings. The van der Waals surface area contributed by atoms with E-state index in [0.717, 1.165) is 0 Å². The van der Waals surface area contributed by atoms with Crippen LogP contribution in [0.4, 0.5) is 0 Å². The highest BCUT2D eigenvalue weighted by atomic mass is 15.5. The van der Waals surface area contributed by atoms with Crippen LogP contribution >= 0.6 is 0 Å². The van der Waals surface area contributed by atoms with Crippen LogP contribution in [0, 0.1) is 0 Å². The van der Waals surface area contributed by atoms with Crippen molar-refractivity contribution in [2.75, 3.05) is 40.4 Å². The van der Waals surface area contributed by atoms with Crippen molar-refractivity contribution < 1.29 is 4.48 Å². The minimum atomic E-state index is 1.23. The molecule has 0 saturated carbocycles. The third kappa shape index (κ3) is 1.43. The van der Waals surface area contributed by atoms with E-state index in [0.29, 0.717) is 0 Å². The van der Waals surface area contributed by atoms with Crippen molar-refractivity contribution in [1.82, 2.24) is 4.90 Å². The smallest absolute Gasteiger partial charge is 0.134 e. The monoisotopic (exact) mass is 129 g/mol. The SMILES string of the molecule is CC[N@+]1(C)CCN(C)C1. The summed E-state index contributed by atoms with van der Waals surface area (Å²) < 4.78 is 1.23. The Hall–Kier alpha value is -0.0800. The summed E-state index contributed by atoms with van der Waals surface area (Å²) in [7, 11) is 4.52. The number of hydrogen-bond donors (Lipinski definition) is 0. The fourth-order valence-corrected chi connectivity index (χ4v) is 1.39. The third-order valence-electron chi connectivity index (χ3n) is 2.37. The molecule has 0 aromatic carbocycles. The van der Waals surface area contributed by atoms with Gasteiger partial charge in [0, 0.05) is 0 Å². The Morgan fingerprint density at radius 1 is 1.56 bits per heavy atom. The van der Waals surface area contributed by atoms with Crippen molar-refractivity contribution in [1.29, 1.82) is 0 Å². The van der Waals surface area contributed by atoms with Crippen molar-refractivity contribution >= 4 is 0 Å². The van der Waals surface area contributed by atoms with Gasteiger partial charge in [-0.05, 0) is 14.0 Å². The van der Waals surface area contributed by atoms with E-state index in [9.17, 15) is 0 Å². The summed E-state index contributed by atoms with van der Waals surface area (Å²) >= 11 is 0. The van der Waals surface area contributed by atoms with Gasteiger partial charge in [-0.15, -0.1) is 0 Å². The molecule has 54 valence electrons. The second-order valence-corrected chi connectivity index (χ2v) is 3.38. The molecule has 1 fully saturated rings. The maximum atomic E-state index is 2.39. The zero-order valence-electron chi connectivity index (χ0n) is 6.72. The van der Waals surface area contributed by atoms with E-state index in [1.807, 2.05) is 0 Å². The normalized spacial score (nSPS) is 37.7. The van der Waals surface area contributed by atoms with Gasteiger partial charge in [0.25, 0.3) is 0 Å². The molecule has 0 spiro atoms. The zero-order valence-corrected chi connectivity index (χ0v) is 6.72. The average Bonchev–Trinajstić information content (AvgIpc) is 2.13. The van der Waals surface area contributed by atoms with Crippen LogP contribution in [-0.2, 0) is 0 Å². The van der Waals surface area contributed by atoms with Crippen molar-refractivity contribution in [2.24, 2.45) is 0 Å². The maximum absolute atomic E-state index is 2.39. The molecular weight excluding hydrogens is 112 g/mol. The fraction of sp³-hybridized carbons (Fsp3) is 1.00. The van der Waals surface area contributed by atoms with Crippen molar-refractivity contribution in [3.63, 3.8) is 0 Å². The predicted molar refractivity (Wildman–Crippen MR) is 39.1 cm³/mol. The summed E-state index contributed by atoms with van der Waals surface area (Å²) in [6.07, 6.45) is 0. The van der Waals surface area contributed by atoms with Gasteiger partial charge in [-0.1, -0.05) is 0 Å². The molecule has 0 aromatic rings. The van der Waals surface area contributed by atoms with Crippen molar-refractivity contribution in [2.45, 2.75) is 6.92 Å². The van der Waals surface area contributed by atoms with Crippen LogP contribution in [0.15, 0.2) is 0 Å². The Balaban J connectivity index is 2.45. The van der Waals surface area contributed by atoms with Gasteiger partial charge in [-0.3, -0.25) is 4.90 Å². The summed E-state index contributed by atoms with van der Waals surface area (Å²) in [5.41, 5.74) is 0. The Kier molecular flexibility index (Phi) is 1.78. The van der Waals surface area contributed by atoms with E-state index in [2.05, 4.69) is 25.9 Å². The molecule has 0 radical (unpaired) electrons. The van der Waals surface area contributed by atoms with Gasteiger partial charge in [0.2, 0.25) is 0 Å². The largest absolute Gasteiger partial charge is 0.313 e. The first-order valence-electron chi connectivity index (χ1n) is 3.68. The molecule has 0 N–H and O–H groups in total. The molecule has 0 aromatic heterocycles. The second-order valence-electron chi connectivity index (χ2n) is 3.38. The lowest BCUT2D eigenvalue weighted by atomic mass is 10.5. The van der Waals surface area contributed by atoms with Gasteiger partial charge in [0.15, 0.2) is 0 Å². The molecule has 1 aliphatic heterocycles. The summed E-state index contributed by atoms with van der Waals surface area (Å²) in [6.45, 7) is 7.36. The Morgan fingerprint density at radius 3 is 2.44 bits per heavy atom. The first kappa shape index (κ1) is 7.03. The molecule has 1 atom stereocenters. The lowest BCUT2D eigenvalue weighted by molar-refractivity contribution is -0.899. The minimum absolute atomic E-state index is 1.23. The maximum Gasteiger partial charge on any atom is 0.134 e. The second kappa shape index (κ2) is 2.27. The van der Waals surface area contributed by atoms with Gasteiger partial charge in [-0.25, -0.2) is 0 Å². The van der Waals surface area contributed by atoms with Gasteiger partial charge in [0.1, 0.15) is 6.67 Å². The molecule has 9 heavy (non-hydrogen) atoms. The zero-order chi connectivity index (χ0) is 6.91. The highest BCUT2D eigenvalue weighted by Gasteiger charge is 2.27. The van der Waals surface area contributed by atoms with E-state index in [4.69, 9.17) is 0 Å². The molecule has 1 saturated heterocycles. The van der Waals surface area contributed by atoms with E-state index >= 15 is 0 Å². The Labute approximate surface area is 57.7 Å². The molecule has 1 heterocycles. The molecular formula is C7H17N2+. The van der Waals surface area contributed by atoms with Crippen LogP contribution in [0.3, 0.4) is 0 Å². The highest BCUT2D eigenvalue weighted by molar-refractivity contribution is 4.52. The van der Waals surface area contributed by atoms with Crippen LogP contribution in [0.1, 0.15) is 6.92 Å². The van der Waals surface area contributed by atoms with Crippen LogP contribution in [-0.4, -0.2) is 49.8 Å². The number of rotatable bonds is 1. The highest BCUT2D eigenvalue weighted by Crippen LogP contribution is 2.09. The molecule has 0 amide bonds. The van der Waals surface area contributed by atoms with Crippen molar-refractivity contribution in [3.8, 4) is 0 Å². The molecule has 0 aliphatic carbocycles. The number of hydrogen-bond acceptors (Lipinski definition) is 1. The van der Waals surface area contributed by atoms with Crippen LogP contribution < -0.4 is 0 Å². The summed E-state index contributed by atoms with van der Waals surface area (Å²) in [5.74, 6) is 0. The number of nitrogens with zero attached hydrogens (tertiary/aromatic N) is 2. The Morgan fingerprint density at radius 2 is 2.22 bits per heavy atom. The summed E-state index contributed by atoms with van der Waals surface area (Å²) in [5, 5.41) is 0. The van der Waals surface area contributed by atoms with E-state index < -0.39 is 0 Å². The lowest BCUT2D eigenvalue weighted by Gasteiger charge is -2.26. The quantitative estimate of drug-likeness (QED) is 0.462. The third-order valence-corrected chi connectivity index (χ3v) is 2.37. The standard InChI is InChI=1S/C7H17N2/c1-4-9(3)6-5-8(2)7-9/h4-7H2,1-3H3/q+1/t9-/m1/s1. The molecule has 0 unspecified atom stereocenters. The molecule has 2 nitrogen and oxygen atoms in total. The van der Waals surface area contributed by atoms with Gasteiger partial charge in [-0.2, -0.15) is 0 Å². The summed E-state index contributed by atoms with van der Waals surface area (Å²) in [4.78, 5) is 2.39. The van der Waals surface area contributed by atoms with E-state index in [-0.39, 0.29) is 0 Å². The Bertz CT molecular complexity index is 103. The molecule has 0 bridgehead atoms. The first-order chi connectivity index (χ1) is 4.16. The summed E-state index contributed by atoms with van der Waals surface area (Å²) in [6, 6.07) is 0. The predicted octanol–water partition coefficient (Wildman–Crippen LogP) is 0.356. The van der Waals surface area contributed by atoms with Crippen LogP contribution in [0.2, 0.25) is 0 Å². The van der Waals surface area contributed by atoms with E-state index in [1.165, 1.54) is 30.8 Å². The molecule has 2 heteroatoms. The first-order valence-corrected chi connectivity index (χ1v) is 3.68. The van der Waals surface area contributed by atoms with Crippen molar-refractivity contribution in [3.05, 3.63) is 0 Å². The van der Waals surface area contributed by atoms with Crippen LogP contribution in [0.25, 0.3) is 0 Å². The van der Waals surface area contributed by atoms with Gasteiger partial charge < -0.3 is 4.48 Å². The molecule has 1 rings (SSSR count). The topological polar surface area (TPSA) is 3.24 Å². The number of likely N-dealkylation sites (N-methyl/N-ethyl adjacent to an activating group) is 2. The lowest BCUT2D eigenvalue weighted by Crippen LogP contribution is -2.42. The van der Waals surface area contributed by atoms with E-state index in [1.54, 1.807) is 0 Å². The van der Waals surface area contributed by atoms with Gasteiger partial charge in [0.05, 0.1) is 26.7 Å². The number of quaternary nitrogens is 1. The van der Waals surface area contributed by atoms with Gasteiger partial charge >= 0.3 is 0 Å². The average molecular weight is 129 g/mol. The van der Waals surface area contributed by atoms with Crippen LogP contribution in [0.5, 0.6) is 0 Å². The fourth-order valence-electron chi connectivity index (χ4n) is 1.39.